The van der Waals surface area contributed by atoms with Crippen molar-refractivity contribution in [2.45, 2.75) is 19.4 Å². The van der Waals surface area contributed by atoms with Gasteiger partial charge in [-0.05, 0) is 12.8 Å². The van der Waals surface area contributed by atoms with Crippen molar-refractivity contribution in [3.8, 4) is 0 Å². The van der Waals surface area contributed by atoms with Crippen LogP contribution < -0.4 is 9.47 Å². The van der Waals surface area contributed by atoms with Crippen LogP contribution in [0.3, 0.4) is 0 Å². The molecule has 16 heavy (non-hydrogen) atoms. The molecule has 1 aromatic rings. The van der Waals surface area contributed by atoms with E-state index in [9.17, 15) is 0 Å². The summed E-state index contributed by atoms with van der Waals surface area (Å²) in [6.07, 6.45) is 6.79. The molecule has 1 aliphatic rings. The van der Waals surface area contributed by atoms with E-state index in [1.807, 2.05) is 0 Å². The van der Waals surface area contributed by atoms with Crippen molar-refractivity contribution in [1.29, 1.82) is 0 Å². The van der Waals surface area contributed by atoms with Gasteiger partial charge in [0.1, 0.15) is 0 Å². The molecule has 0 radical (unpaired) electrons. The van der Waals surface area contributed by atoms with Crippen LogP contribution in [0, 0.1) is 0 Å². The summed E-state index contributed by atoms with van der Waals surface area (Å²) in [5.74, 6) is 0.777. The second kappa shape index (κ2) is 5.01. The van der Waals surface area contributed by atoms with Crippen molar-refractivity contribution >= 4 is 5.69 Å². The fraction of sp³-hybridized carbons (Fsp3) is 0.462. The molecule has 0 aromatic carbocycles. The molecule has 1 saturated heterocycles. The molecular weight excluding hydrogens is 200 g/mol. The smallest absolute Gasteiger partial charge is 0.204 e. The third-order valence-electron chi connectivity index (χ3n) is 2.99. The van der Waals surface area contributed by atoms with E-state index < -0.39 is 0 Å². The summed E-state index contributed by atoms with van der Waals surface area (Å²) in [4.78, 5) is 2.43. The Hall–Kier alpha value is -1.51. The van der Waals surface area contributed by atoms with Gasteiger partial charge in [-0.2, -0.15) is 4.57 Å². The Morgan fingerprint density at radius 2 is 2.00 bits per heavy atom. The summed E-state index contributed by atoms with van der Waals surface area (Å²) in [7, 11) is 1.65. The standard InChI is InChI=1S/C13H19N2O/c1-12(16-2)11-14-9-5-13(6-10-14)15-7-3-4-8-15/h5-6,9-10H,1,3-4,7-8,11H2,2H3/q+1. The van der Waals surface area contributed by atoms with Crippen molar-refractivity contribution in [1.82, 2.24) is 0 Å². The maximum atomic E-state index is 5.06. The molecule has 3 nitrogen and oxygen atoms in total. The second-order valence-electron chi connectivity index (χ2n) is 4.17. The first-order valence-electron chi connectivity index (χ1n) is 5.75. The highest BCUT2D eigenvalue weighted by Crippen LogP contribution is 2.17. The average molecular weight is 219 g/mol. The number of hydrogen-bond acceptors (Lipinski definition) is 2. The Balaban J connectivity index is 2.01. The third-order valence-corrected chi connectivity index (χ3v) is 2.99. The molecule has 86 valence electrons. The lowest BCUT2D eigenvalue weighted by molar-refractivity contribution is -0.691. The molecule has 0 aliphatic carbocycles. The first-order valence-corrected chi connectivity index (χ1v) is 5.75. The lowest BCUT2D eigenvalue weighted by Gasteiger charge is -2.16. The quantitative estimate of drug-likeness (QED) is 0.566. The van der Waals surface area contributed by atoms with Crippen LogP contribution in [0.2, 0.25) is 0 Å². The summed E-state index contributed by atoms with van der Waals surface area (Å²) < 4.78 is 7.13. The zero-order valence-electron chi connectivity index (χ0n) is 9.85. The predicted molar refractivity (Wildman–Crippen MR) is 64.2 cm³/mol. The van der Waals surface area contributed by atoms with Crippen molar-refractivity contribution < 1.29 is 9.30 Å². The highest BCUT2D eigenvalue weighted by molar-refractivity contribution is 5.44. The molecule has 1 fully saturated rings. The van der Waals surface area contributed by atoms with Gasteiger partial charge < -0.3 is 9.64 Å². The van der Waals surface area contributed by atoms with Gasteiger partial charge in [0, 0.05) is 30.9 Å². The van der Waals surface area contributed by atoms with E-state index in [-0.39, 0.29) is 0 Å². The zero-order valence-corrected chi connectivity index (χ0v) is 9.85. The lowest BCUT2D eigenvalue weighted by Crippen LogP contribution is -2.34. The second-order valence-corrected chi connectivity index (χ2v) is 4.17. The Bertz CT molecular complexity index is 353. The molecule has 0 N–H and O–H groups in total. The van der Waals surface area contributed by atoms with Crippen LogP contribution in [0.4, 0.5) is 5.69 Å². The zero-order chi connectivity index (χ0) is 11.4. The normalized spacial score (nSPS) is 15.2. The van der Waals surface area contributed by atoms with Gasteiger partial charge in [-0.1, -0.05) is 6.58 Å². The van der Waals surface area contributed by atoms with Gasteiger partial charge in [0.25, 0.3) is 0 Å². The monoisotopic (exact) mass is 219 g/mol. The van der Waals surface area contributed by atoms with Crippen LogP contribution in [0.15, 0.2) is 36.9 Å². The van der Waals surface area contributed by atoms with Gasteiger partial charge in [0.2, 0.25) is 6.54 Å². The molecular formula is C13H19N2O+. The number of pyridine rings is 1. The molecule has 0 spiro atoms. The van der Waals surface area contributed by atoms with Gasteiger partial charge in [0.05, 0.1) is 7.11 Å². The van der Waals surface area contributed by atoms with Crippen LogP contribution in [-0.2, 0) is 11.3 Å². The van der Waals surface area contributed by atoms with E-state index >= 15 is 0 Å². The number of aromatic nitrogens is 1. The van der Waals surface area contributed by atoms with Crippen LogP contribution in [0.5, 0.6) is 0 Å². The maximum absolute atomic E-state index is 5.06. The molecule has 2 rings (SSSR count). The van der Waals surface area contributed by atoms with Gasteiger partial charge in [-0.15, -0.1) is 0 Å². The molecule has 0 saturated carbocycles. The van der Waals surface area contributed by atoms with Crippen molar-refractivity contribution in [3.05, 3.63) is 36.9 Å². The minimum Gasteiger partial charge on any atom is -0.495 e. The largest absolute Gasteiger partial charge is 0.495 e. The average Bonchev–Trinajstić information content (AvgIpc) is 2.83. The van der Waals surface area contributed by atoms with E-state index in [0.29, 0.717) is 0 Å². The summed E-state index contributed by atoms with van der Waals surface area (Å²) >= 11 is 0. The van der Waals surface area contributed by atoms with E-state index in [4.69, 9.17) is 4.74 Å². The lowest BCUT2D eigenvalue weighted by atomic mass is 10.3. The topological polar surface area (TPSA) is 16.4 Å². The predicted octanol–water partition coefficient (Wildman–Crippen LogP) is 1.73. The summed E-state index contributed by atoms with van der Waals surface area (Å²) in [6.45, 7) is 6.91. The number of nitrogens with zero attached hydrogens (tertiary/aromatic N) is 2. The fourth-order valence-corrected chi connectivity index (χ4v) is 2.01. The number of rotatable bonds is 4. The molecule has 0 unspecified atom stereocenters. The number of hydrogen-bond donors (Lipinski definition) is 0. The molecule has 0 amide bonds. The highest BCUT2D eigenvalue weighted by atomic mass is 16.5. The Morgan fingerprint density at radius 3 is 2.56 bits per heavy atom. The SMILES string of the molecule is C=C(C[n+]1ccc(N2CCCC2)cc1)OC. The van der Waals surface area contributed by atoms with Crippen LogP contribution in [0.1, 0.15) is 12.8 Å². The number of allylic oxidation sites excluding steroid dienone is 1. The van der Waals surface area contributed by atoms with E-state index in [1.54, 1.807) is 7.11 Å². The Labute approximate surface area is 97.0 Å². The molecule has 1 aliphatic heterocycles. The fourth-order valence-electron chi connectivity index (χ4n) is 2.01. The van der Waals surface area contributed by atoms with Gasteiger partial charge in [-0.25, -0.2) is 0 Å². The van der Waals surface area contributed by atoms with Crippen molar-refractivity contribution in [2.24, 2.45) is 0 Å². The van der Waals surface area contributed by atoms with Crippen LogP contribution in [0.25, 0.3) is 0 Å². The highest BCUT2D eigenvalue weighted by Gasteiger charge is 2.13. The maximum Gasteiger partial charge on any atom is 0.204 e. The van der Waals surface area contributed by atoms with E-state index in [1.165, 1.54) is 31.6 Å². The number of ether oxygens (including phenoxy) is 1. The van der Waals surface area contributed by atoms with Gasteiger partial charge >= 0.3 is 0 Å². The Kier molecular flexibility index (Phi) is 3.44. The minimum absolute atomic E-state index is 0.719. The summed E-state index contributed by atoms with van der Waals surface area (Å²) in [6, 6.07) is 4.32. The van der Waals surface area contributed by atoms with E-state index in [0.717, 1.165) is 12.3 Å². The number of anilines is 1. The molecule has 0 atom stereocenters. The van der Waals surface area contributed by atoms with Crippen molar-refractivity contribution in [2.75, 3.05) is 25.1 Å². The minimum atomic E-state index is 0.719. The first-order chi connectivity index (χ1) is 7.79. The summed E-state index contributed by atoms with van der Waals surface area (Å²) in [5.41, 5.74) is 1.32. The molecule has 0 bridgehead atoms. The van der Waals surface area contributed by atoms with Gasteiger partial charge in [-0.3, -0.25) is 0 Å². The first kappa shape index (κ1) is 11.0. The molecule has 3 heteroatoms. The van der Waals surface area contributed by atoms with Gasteiger partial charge in [0.15, 0.2) is 18.2 Å². The molecule has 2 heterocycles. The number of methoxy groups -OCH3 is 1. The summed E-state index contributed by atoms with van der Waals surface area (Å²) in [5, 5.41) is 0. The third kappa shape index (κ3) is 2.54. The molecule has 1 aromatic heterocycles. The van der Waals surface area contributed by atoms with Crippen LogP contribution >= 0.6 is 0 Å². The van der Waals surface area contributed by atoms with E-state index in [2.05, 4.69) is 40.6 Å². The Morgan fingerprint density at radius 1 is 1.38 bits per heavy atom. The van der Waals surface area contributed by atoms with Crippen LogP contribution in [-0.4, -0.2) is 20.2 Å². The van der Waals surface area contributed by atoms with Crippen molar-refractivity contribution in [3.63, 3.8) is 0 Å².